The second-order valence-electron chi connectivity index (χ2n) is 27.1. The first kappa shape index (κ1) is 58.3. The molecule has 0 N–H and O–H groups in total. The molecule has 0 saturated heterocycles. The standard InChI is InChI=1S/C82H70N8/c1-11-12-16-51-25-31-73-69(37-51)70-45-64(80(2,3)4)28-32-74(70)89(73)67-41-60(56-19-13-17-53(35-56)49-84)39-62(43-67)78-86-77(59-22-15-21-58(38-59)55-26-23-52(48-83)24-27-55)87-79(88-78)63-40-61(57-20-14-18-54(36-57)50-85)42-68(44-63)90-75-33-29-65(81(5,6)7)46-71(75)72-47-66(82(8,9)10)30-34-76(72)90/h13-15,17-47H,11-12,16H2,1-10H3. The third kappa shape index (κ3) is 11.1. The van der Waals surface area contributed by atoms with Gasteiger partial charge in [-0.15, -0.1) is 0 Å². The predicted molar refractivity (Wildman–Crippen MR) is 370 cm³/mol. The lowest BCUT2D eigenvalue weighted by Gasteiger charge is -2.19. The van der Waals surface area contributed by atoms with Gasteiger partial charge in [0.25, 0.3) is 0 Å². The van der Waals surface area contributed by atoms with E-state index in [1.807, 2.05) is 72.8 Å². The minimum atomic E-state index is -0.0861. The summed E-state index contributed by atoms with van der Waals surface area (Å²) < 4.78 is 4.74. The van der Waals surface area contributed by atoms with E-state index in [1.165, 1.54) is 43.8 Å². The van der Waals surface area contributed by atoms with Crippen LogP contribution in [0, 0.1) is 34.0 Å². The second kappa shape index (κ2) is 22.8. The molecule has 0 aliphatic rings. The van der Waals surface area contributed by atoms with Gasteiger partial charge in [0.1, 0.15) is 0 Å². The Morgan fingerprint density at radius 2 is 0.700 bits per heavy atom. The quantitative estimate of drug-likeness (QED) is 0.127. The van der Waals surface area contributed by atoms with Crippen LogP contribution in [0.15, 0.2) is 206 Å². The van der Waals surface area contributed by atoms with Crippen molar-refractivity contribution in [3.05, 3.63) is 245 Å². The number of hydrogen-bond acceptors (Lipinski definition) is 6. The third-order valence-corrected chi connectivity index (χ3v) is 17.6. The Labute approximate surface area is 527 Å². The maximum Gasteiger partial charge on any atom is 0.164 e. The molecule has 0 amide bonds. The van der Waals surface area contributed by atoms with E-state index < -0.39 is 0 Å². The van der Waals surface area contributed by atoms with Crippen molar-refractivity contribution in [2.24, 2.45) is 0 Å². The van der Waals surface area contributed by atoms with Gasteiger partial charge in [-0.2, -0.15) is 15.8 Å². The minimum absolute atomic E-state index is 0.0758. The van der Waals surface area contributed by atoms with Crippen molar-refractivity contribution in [2.75, 3.05) is 0 Å². The highest BCUT2D eigenvalue weighted by Gasteiger charge is 2.25. The van der Waals surface area contributed by atoms with Crippen LogP contribution in [0.1, 0.15) is 121 Å². The maximum atomic E-state index is 10.3. The van der Waals surface area contributed by atoms with Crippen molar-refractivity contribution in [1.29, 1.82) is 15.8 Å². The molecule has 0 fully saturated rings. The third-order valence-electron chi connectivity index (χ3n) is 17.6. The summed E-state index contributed by atoms with van der Waals surface area (Å²) in [6.45, 7) is 22.6. The number of nitrogens with zero attached hydrogens (tertiary/aromatic N) is 8. The van der Waals surface area contributed by atoms with Crippen molar-refractivity contribution in [3.8, 4) is 97.1 Å². The van der Waals surface area contributed by atoms with E-state index in [2.05, 4.69) is 230 Å². The molecule has 0 atom stereocenters. The fourth-order valence-corrected chi connectivity index (χ4v) is 12.5. The van der Waals surface area contributed by atoms with Crippen LogP contribution in [0.4, 0.5) is 0 Å². The number of unbranched alkanes of at least 4 members (excludes halogenated alkanes) is 1. The number of aryl methyl sites for hydroxylation is 1. The molecule has 90 heavy (non-hydrogen) atoms. The lowest BCUT2D eigenvalue weighted by atomic mass is 9.85. The first-order valence-electron chi connectivity index (χ1n) is 31.1. The normalized spacial score (nSPS) is 12.0. The van der Waals surface area contributed by atoms with Crippen molar-refractivity contribution in [3.63, 3.8) is 0 Å². The summed E-state index contributed by atoms with van der Waals surface area (Å²) >= 11 is 0. The summed E-state index contributed by atoms with van der Waals surface area (Å²) in [6, 6.07) is 79.1. The van der Waals surface area contributed by atoms with Gasteiger partial charge in [-0.05, 0) is 212 Å². The van der Waals surface area contributed by atoms with Gasteiger partial charge in [-0.25, -0.2) is 15.0 Å². The molecular weight excluding hydrogens is 1100 g/mol. The van der Waals surface area contributed by atoms with E-state index in [9.17, 15) is 15.8 Å². The van der Waals surface area contributed by atoms with Gasteiger partial charge in [0.2, 0.25) is 0 Å². The van der Waals surface area contributed by atoms with E-state index >= 15 is 0 Å². The van der Waals surface area contributed by atoms with Gasteiger partial charge in [-0.3, -0.25) is 0 Å². The first-order chi connectivity index (χ1) is 43.2. The van der Waals surface area contributed by atoms with Crippen LogP contribution in [0.5, 0.6) is 0 Å². The van der Waals surface area contributed by atoms with Gasteiger partial charge >= 0.3 is 0 Å². The van der Waals surface area contributed by atoms with Crippen molar-refractivity contribution >= 4 is 43.6 Å². The highest BCUT2D eigenvalue weighted by atomic mass is 15.0. The molecule has 13 aromatic rings. The molecule has 3 aromatic heterocycles. The molecule has 0 spiro atoms. The average Bonchev–Trinajstić information content (AvgIpc) is 1.58. The maximum absolute atomic E-state index is 10.3. The summed E-state index contributed by atoms with van der Waals surface area (Å²) in [5, 5.41) is 35.0. The molecule has 10 aromatic carbocycles. The van der Waals surface area contributed by atoms with Crippen LogP contribution in [0.2, 0.25) is 0 Å². The van der Waals surface area contributed by atoms with E-state index in [-0.39, 0.29) is 16.2 Å². The molecule has 0 radical (unpaired) electrons. The van der Waals surface area contributed by atoms with Crippen LogP contribution in [-0.4, -0.2) is 24.1 Å². The Balaban J connectivity index is 1.10. The topological polar surface area (TPSA) is 120 Å². The molecule has 8 nitrogen and oxygen atoms in total. The monoisotopic (exact) mass is 1170 g/mol. The average molecular weight is 1170 g/mol. The Hall–Kier alpha value is -10.7. The van der Waals surface area contributed by atoms with Crippen LogP contribution >= 0.6 is 0 Å². The van der Waals surface area contributed by atoms with E-state index in [1.54, 1.807) is 0 Å². The zero-order valence-electron chi connectivity index (χ0n) is 52.8. The predicted octanol–water partition coefficient (Wildman–Crippen LogP) is 20.9. The minimum Gasteiger partial charge on any atom is -0.309 e. The van der Waals surface area contributed by atoms with E-state index in [4.69, 9.17) is 15.0 Å². The van der Waals surface area contributed by atoms with Crippen LogP contribution in [0.25, 0.3) is 123 Å². The summed E-state index contributed by atoms with van der Waals surface area (Å²) in [4.78, 5) is 16.6. The molecular formula is C82H70N8. The number of fused-ring (bicyclic) bond motifs is 6. The van der Waals surface area contributed by atoms with E-state index in [0.29, 0.717) is 34.2 Å². The van der Waals surface area contributed by atoms with Gasteiger partial charge in [0.15, 0.2) is 17.5 Å². The first-order valence-corrected chi connectivity index (χ1v) is 31.1. The lowest BCUT2D eigenvalue weighted by Crippen LogP contribution is -2.10. The lowest BCUT2D eigenvalue weighted by molar-refractivity contribution is 0.590. The molecule has 438 valence electrons. The number of aromatic nitrogens is 5. The molecule has 13 rings (SSSR count). The smallest absolute Gasteiger partial charge is 0.164 e. The second-order valence-corrected chi connectivity index (χ2v) is 27.1. The molecule has 0 bridgehead atoms. The SMILES string of the molecule is CCCCc1ccc2c(c1)c1cc(C(C)(C)C)ccc1n2-c1cc(-c2cccc(C#N)c2)cc(-c2nc(-c3cccc(-c4ccc(C#N)cc4)c3)nc(-c3cc(-c4cccc(C#N)c4)cc(-n4c5ccc(C(C)(C)C)cc5c5cc(C(C)(C)C)ccc54)c3)n2)c1. The van der Waals surface area contributed by atoms with Crippen LogP contribution in [0.3, 0.4) is 0 Å². The van der Waals surface area contributed by atoms with Gasteiger partial charge in [0.05, 0.1) is 57.0 Å². The number of benzene rings is 10. The summed E-state index contributed by atoms with van der Waals surface area (Å²) in [6.07, 6.45) is 3.22. The fourth-order valence-electron chi connectivity index (χ4n) is 12.5. The zero-order chi connectivity index (χ0) is 62.8. The Bertz CT molecular complexity index is 5070. The zero-order valence-corrected chi connectivity index (χ0v) is 52.8. The number of rotatable bonds is 11. The Morgan fingerprint density at radius 3 is 1.12 bits per heavy atom. The molecule has 3 heterocycles. The van der Waals surface area contributed by atoms with Crippen LogP contribution < -0.4 is 0 Å². The molecule has 0 saturated carbocycles. The number of nitriles is 3. The van der Waals surface area contributed by atoms with Crippen LogP contribution in [-0.2, 0) is 22.7 Å². The summed E-state index contributed by atoms with van der Waals surface area (Å²) in [5.41, 5.74) is 20.4. The summed E-state index contributed by atoms with van der Waals surface area (Å²) in [7, 11) is 0. The Kier molecular flexibility index (Phi) is 14.8. The summed E-state index contributed by atoms with van der Waals surface area (Å²) in [5.74, 6) is 1.37. The van der Waals surface area contributed by atoms with Gasteiger partial charge in [0, 0.05) is 49.6 Å². The molecule has 8 heteroatoms. The highest BCUT2D eigenvalue weighted by Crippen LogP contribution is 2.43. The fraction of sp³-hybridized carbons (Fsp3) is 0.195. The number of hydrogen-bond donors (Lipinski definition) is 0. The van der Waals surface area contributed by atoms with Gasteiger partial charge in [-0.1, -0.05) is 155 Å². The Morgan fingerprint density at radius 1 is 0.333 bits per heavy atom. The molecule has 0 unspecified atom stereocenters. The van der Waals surface area contributed by atoms with E-state index in [0.717, 1.165) is 103 Å². The largest absolute Gasteiger partial charge is 0.309 e. The van der Waals surface area contributed by atoms with Crippen molar-refractivity contribution in [2.45, 2.75) is 105 Å². The van der Waals surface area contributed by atoms with Crippen molar-refractivity contribution in [1.82, 2.24) is 24.1 Å². The molecule has 0 aliphatic heterocycles. The van der Waals surface area contributed by atoms with Crippen molar-refractivity contribution < 1.29 is 0 Å². The van der Waals surface area contributed by atoms with Gasteiger partial charge < -0.3 is 9.13 Å². The molecule has 0 aliphatic carbocycles. The highest BCUT2D eigenvalue weighted by molar-refractivity contribution is 6.11.